The third-order valence-electron chi connectivity index (χ3n) is 4.97. The van der Waals surface area contributed by atoms with Crippen LogP contribution in [0.5, 0.6) is 0 Å². The molecular formula is C16H21N5O. The fraction of sp³-hybridized carbons (Fsp3) is 0.562. The van der Waals surface area contributed by atoms with Gasteiger partial charge in [-0.2, -0.15) is 10.2 Å². The van der Waals surface area contributed by atoms with Crippen LogP contribution in [0.15, 0.2) is 0 Å². The van der Waals surface area contributed by atoms with Crippen LogP contribution < -0.4 is 5.32 Å². The Balaban J connectivity index is 1.61. The van der Waals surface area contributed by atoms with Crippen LogP contribution in [0.3, 0.4) is 0 Å². The first-order valence-electron chi connectivity index (χ1n) is 8.04. The third kappa shape index (κ3) is 1.97. The highest BCUT2D eigenvalue weighted by Gasteiger charge is 2.30. The maximum absolute atomic E-state index is 12.6. The van der Waals surface area contributed by atoms with Gasteiger partial charge in [0.15, 0.2) is 5.69 Å². The largest absolute Gasteiger partial charge is 0.344 e. The average molecular weight is 299 g/mol. The van der Waals surface area contributed by atoms with Crippen molar-refractivity contribution in [2.75, 3.05) is 0 Å². The van der Waals surface area contributed by atoms with Gasteiger partial charge in [-0.05, 0) is 45.4 Å². The molecular weight excluding hydrogens is 278 g/mol. The summed E-state index contributed by atoms with van der Waals surface area (Å²) in [6.45, 7) is 2.02. The Morgan fingerprint density at radius 3 is 3.05 bits per heavy atom. The van der Waals surface area contributed by atoms with Crippen LogP contribution in [-0.2, 0) is 26.3 Å². The number of carbonyl (C=O) groups is 1. The summed E-state index contributed by atoms with van der Waals surface area (Å²) in [6, 6.07) is 0.0544. The van der Waals surface area contributed by atoms with Gasteiger partial charge in [0.05, 0.1) is 11.7 Å². The highest BCUT2D eigenvalue weighted by atomic mass is 16.2. The van der Waals surface area contributed by atoms with Crippen LogP contribution in [0.25, 0.3) is 0 Å². The van der Waals surface area contributed by atoms with Crippen LogP contribution in [0, 0.1) is 6.92 Å². The van der Waals surface area contributed by atoms with Gasteiger partial charge in [-0.25, -0.2) is 0 Å². The zero-order valence-electron chi connectivity index (χ0n) is 13.1. The number of nitrogens with one attached hydrogen (secondary N) is 2. The normalized spacial score (nSPS) is 19.8. The monoisotopic (exact) mass is 299 g/mol. The molecule has 116 valence electrons. The minimum absolute atomic E-state index is 0.0544. The summed E-state index contributed by atoms with van der Waals surface area (Å²) >= 11 is 0. The van der Waals surface area contributed by atoms with Crippen molar-refractivity contribution in [1.82, 2.24) is 25.3 Å². The van der Waals surface area contributed by atoms with Crippen LogP contribution in [0.1, 0.15) is 64.0 Å². The van der Waals surface area contributed by atoms with E-state index in [9.17, 15) is 4.79 Å². The zero-order chi connectivity index (χ0) is 15.3. The molecule has 4 rings (SSSR count). The molecule has 6 heteroatoms. The van der Waals surface area contributed by atoms with Gasteiger partial charge in [0.2, 0.25) is 0 Å². The van der Waals surface area contributed by atoms with Crippen molar-refractivity contribution < 1.29 is 4.79 Å². The molecule has 0 spiro atoms. The fourth-order valence-electron chi connectivity index (χ4n) is 3.97. The number of amides is 1. The molecule has 1 amide bonds. The SMILES string of the molecule is Cc1nn(C)c2c1C(NC(=O)c1n[nH]c3c1CCC3)CCC2. The van der Waals surface area contributed by atoms with Gasteiger partial charge in [0, 0.05) is 29.6 Å². The summed E-state index contributed by atoms with van der Waals surface area (Å²) in [5.41, 5.74) is 6.30. The highest BCUT2D eigenvalue weighted by Crippen LogP contribution is 2.32. The van der Waals surface area contributed by atoms with Crippen LogP contribution >= 0.6 is 0 Å². The number of hydrogen-bond donors (Lipinski definition) is 2. The van der Waals surface area contributed by atoms with Gasteiger partial charge < -0.3 is 5.32 Å². The summed E-state index contributed by atoms with van der Waals surface area (Å²) in [7, 11) is 1.98. The van der Waals surface area contributed by atoms with Gasteiger partial charge >= 0.3 is 0 Å². The number of aromatic nitrogens is 4. The molecule has 22 heavy (non-hydrogen) atoms. The Hall–Kier alpha value is -2.11. The molecule has 0 aromatic carbocycles. The van der Waals surface area contributed by atoms with Crippen molar-refractivity contribution in [3.8, 4) is 0 Å². The van der Waals surface area contributed by atoms with Gasteiger partial charge in [0.1, 0.15) is 0 Å². The lowest BCUT2D eigenvalue weighted by atomic mass is 9.91. The van der Waals surface area contributed by atoms with Gasteiger partial charge in [-0.3, -0.25) is 14.6 Å². The van der Waals surface area contributed by atoms with E-state index < -0.39 is 0 Å². The van der Waals surface area contributed by atoms with E-state index in [1.165, 1.54) is 11.3 Å². The van der Waals surface area contributed by atoms with Crippen LogP contribution in [0.4, 0.5) is 0 Å². The van der Waals surface area contributed by atoms with Crippen molar-refractivity contribution in [3.05, 3.63) is 33.9 Å². The first-order valence-corrected chi connectivity index (χ1v) is 8.04. The Kier molecular flexibility index (Phi) is 3.06. The van der Waals surface area contributed by atoms with Gasteiger partial charge in [-0.15, -0.1) is 0 Å². The number of fused-ring (bicyclic) bond motifs is 2. The second-order valence-electron chi connectivity index (χ2n) is 6.37. The Morgan fingerprint density at radius 2 is 2.18 bits per heavy atom. The predicted molar refractivity (Wildman–Crippen MR) is 81.7 cm³/mol. The average Bonchev–Trinajstić information content (AvgIpc) is 3.15. The summed E-state index contributed by atoms with van der Waals surface area (Å²) in [6.07, 6.45) is 6.16. The molecule has 0 bridgehead atoms. The summed E-state index contributed by atoms with van der Waals surface area (Å²) in [5.74, 6) is -0.0551. The number of nitrogens with zero attached hydrogens (tertiary/aromatic N) is 3. The summed E-state index contributed by atoms with van der Waals surface area (Å²) in [5, 5.41) is 14.9. The van der Waals surface area contributed by atoms with Crippen molar-refractivity contribution >= 4 is 5.91 Å². The first kappa shape index (κ1) is 13.5. The summed E-state index contributed by atoms with van der Waals surface area (Å²) < 4.78 is 1.95. The molecule has 0 radical (unpaired) electrons. The highest BCUT2D eigenvalue weighted by molar-refractivity contribution is 5.94. The van der Waals surface area contributed by atoms with Gasteiger partial charge in [-0.1, -0.05) is 0 Å². The number of aromatic amines is 1. The first-order chi connectivity index (χ1) is 10.6. The van der Waals surface area contributed by atoms with E-state index >= 15 is 0 Å². The standard InChI is InChI=1S/C16H21N5O/c1-9-14-12(7-4-8-13(14)21(2)20-9)17-16(22)15-10-5-3-6-11(10)18-19-15/h12H,3-8H2,1-2H3,(H,17,22)(H,18,19). The molecule has 1 unspecified atom stereocenters. The third-order valence-corrected chi connectivity index (χ3v) is 4.97. The van der Waals surface area contributed by atoms with Crippen LogP contribution in [0.2, 0.25) is 0 Å². The maximum atomic E-state index is 12.6. The molecule has 2 heterocycles. The molecule has 2 aromatic rings. The smallest absolute Gasteiger partial charge is 0.272 e. The predicted octanol–water partition coefficient (Wildman–Crippen LogP) is 1.75. The molecule has 6 nitrogen and oxygen atoms in total. The van der Waals surface area contributed by atoms with Crippen LogP contribution in [-0.4, -0.2) is 25.9 Å². The lowest BCUT2D eigenvalue weighted by molar-refractivity contribution is 0.0926. The second kappa shape index (κ2) is 4.97. The summed E-state index contributed by atoms with van der Waals surface area (Å²) in [4.78, 5) is 12.6. The maximum Gasteiger partial charge on any atom is 0.272 e. The van der Waals surface area contributed by atoms with Crippen molar-refractivity contribution in [2.24, 2.45) is 7.05 Å². The van der Waals surface area contributed by atoms with Crippen molar-refractivity contribution in [3.63, 3.8) is 0 Å². The van der Waals surface area contributed by atoms with E-state index in [-0.39, 0.29) is 11.9 Å². The molecule has 0 aliphatic heterocycles. The minimum Gasteiger partial charge on any atom is -0.344 e. The van der Waals surface area contributed by atoms with E-state index in [0.29, 0.717) is 5.69 Å². The second-order valence-corrected chi connectivity index (χ2v) is 6.37. The Morgan fingerprint density at radius 1 is 1.32 bits per heavy atom. The lowest BCUT2D eigenvalue weighted by Crippen LogP contribution is -2.32. The topological polar surface area (TPSA) is 75.6 Å². The van der Waals surface area contributed by atoms with Gasteiger partial charge in [0.25, 0.3) is 5.91 Å². The quantitative estimate of drug-likeness (QED) is 0.887. The lowest BCUT2D eigenvalue weighted by Gasteiger charge is -2.24. The van der Waals surface area contributed by atoms with Crippen molar-refractivity contribution in [1.29, 1.82) is 0 Å². The fourth-order valence-corrected chi connectivity index (χ4v) is 3.97. The minimum atomic E-state index is -0.0551. The molecule has 2 aliphatic carbocycles. The molecule has 1 atom stereocenters. The number of aryl methyl sites for hydroxylation is 3. The molecule has 0 fully saturated rings. The van der Waals surface area contributed by atoms with E-state index in [0.717, 1.165) is 55.5 Å². The van der Waals surface area contributed by atoms with E-state index in [1.54, 1.807) is 0 Å². The van der Waals surface area contributed by atoms with E-state index in [1.807, 2.05) is 18.7 Å². The number of H-pyrrole nitrogens is 1. The molecule has 2 N–H and O–H groups in total. The van der Waals surface area contributed by atoms with E-state index in [2.05, 4.69) is 20.6 Å². The number of rotatable bonds is 2. The van der Waals surface area contributed by atoms with Crippen molar-refractivity contribution in [2.45, 2.75) is 51.5 Å². The van der Waals surface area contributed by atoms with E-state index in [4.69, 9.17) is 0 Å². The number of hydrogen-bond acceptors (Lipinski definition) is 3. The molecule has 0 saturated heterocycles. The molecule has 2 aliphatic rings. The number of carbonyl (C=O) groups excluding carboxylic acids is 1. The molecule has 0 saturated carbocycles. The molecule has 2 aromatic heterocycles. The Labute approximate surface area is 129 Å². The zero-order valence-corrected chi connectivity index (χ0v) is 13.1. The Bertz CT molecular complexity index is 742.